The van der Waals surface area contributed by atoms with Crippen LogP contribution >= 0.6 is 0 Å². The van der Waals surface area contributed by atoms with E-state index in [1.165, 1.54) is 12.1 Å². The summed E-state index contributed by atoms with van der Waals surface area (Å²) in [5, 5.41) is 0. The van der Waals surface area contributed by atoms with Crippen molar-refractivity contribution >= 4 is 11.6 Å². The molecule has 0 unspecified atom stereocenters. The Kier molecular flexibility index (Phi) is 5.74. The maximum absolute atomic E-state index is 13.0. The summed E-state index contributed by atoms with van der Waals surface area (Å²) in [6, 6.07) is 6.75. The maximum Gasteiger partial charge on any atom is 0.224 e. The van der Waals surface area contributed by atoms with E-state index in [1.54, 1.807) is 0 Å². The number of nitrogens with zero attached hydrogens (tertiary/aromatic N) is 2. The first-order valence-electron chi connectivity index (χ1n) is 9.27. The van der Waals surface area contributed by atoms with Crippen LogP contribution in [0, 0.1) is 11.2 Å². The molecule has 1 aliphatic carbocycles. The molecule has 25 heavy (non-hydrogen) atoms. The first-order chi connectivity index (χ1) is 12.1. The summed E-state index contributed by atoms with van der Waals surface area (Å²) in [5.74, 6) is -0.334. The molecule has 2 N–H and O–H groups in total. The smallest absolute Gasteiger partial charge is 0.224 e. The molecular weight excluding hydrogens is 317 g/mol. The van der Waals surface area contributed by atoms with Crippen molar-refractivity contribution in [2.75, 3.05) is 37.6 Å². The molecule has 0 saturated carbocycles. The fourth-order valence-electron chi connectivity index (χ4n) is 3.91. The molecule has 1 amide bonds. The van der Waals surface area contributed by atoms with E-state index in [9.17, 15) is 9.18 Å². The van der Waals surface area contributed by atoms with Gasteiger partial charge in [0.25, 0.3) is 0 Å². The number of benzene rings is 1. The van der Waals surface area contributed by atoms with E-state index < -0.39 is 0 Å². The van der Waals surface area contributed by atoms with Gasteiger partial charge < -0.3 is 10.6 Å². The van der Waals surface area contributed by atoms with Crippen molar-refractivity contribution in [3.05, 3.63) is 42.2 Å². The lowest BCUT2D eigenvalue weighted by atomic mass is 9.79. The average molecular weight is 345 g/mol. The van der Waals surface area contributed by atoms with Gasteiger partial charge in [-0.15, -0.1) is 0 Å². The van der Waals surface area contributed by atoms with E-state index in [0.29, 0.717) is 0 Å². The van der Waals surface area contributed by atoms with Crippen molar-refractivity contribution in [1.82, 2.24) is 4.90 Å². The van der Waals surface area contributed by atoms with Crippen molar-refractivity contribution in [2.45, 2.75) is 32.1 Å². The van der Waals surface area contributed by atoms with Gasteiger partial charge in [-0.3, -0.25) is 9.69 Å². The summed E-state index contributed by atoms with van der Waals surface area (Å²) in [7, 11) is 0. The summed E-state index contributed by atoms with van der Waals surface area (Å²) in [6.45, 7) is 5.07. The highest BCUT2D eigenvalue weighted by atomic mass is 19.1. The molecule has 1 fully saturated rings. The number of allylic oxidation sites excluding steroid dienone is 2. The van der Waals surface area contributed by atoms with Gasteiger partial charge in [0, 0.05) is 31.9 Å². The Labute approximate surface area is 149 Å². The number of unbranched alkanes of at least 4 members (excludes halogenated alkanes) is 1. The third-order valence-electron chi connectivity index (χ3n) is 5.65. The van der Waals surface area contributed by atoms with Crippen LogP contribution in [-0.4, -0.2) is 43.5 Å². The molecule has 1 heterocycles. The van der Waals surface area contributed by atoms with E-state index in [-0.39, 0.29) is 17.1 Å². The van der Waals surface area contributed by atoms with Crippen molar-refractivity contribution in [3.63, 3.8) is 0 Å². The Morgan fingerprint density at radius 2 is 1.68 bits per heavy atom. The molecule has 1 saturated heterocycles. The van der Waals surface area contributed by atoms with Gasteiger partial charge in [-0.05, 0) is 56.5 Å². The number of nitrogens with two attached hydrogens (primary N) is 1. The summed E-state index contributed by atoms with van der Waals surface area (Å²) < 4.78 is 13.0. The number of rotatable bonds is 7. The monoisotopic (exact) mass is 345 g/mol. The van der Waals surface area contributed by atoms with E-state index in [1.807, 2.05) is 12.1 Å². The summed E-state index contributed by atoms with van der Waals surface area (Å²) in [5.41, 5.74) is 6.40. The number of hydrogen-bond acceptors (Lipinski definition) is 3. The molecule has 1 aliphatic heterocycles. The fraction of sp³-hybridized carbons (Fsp3) is 0.550. The normalized spacial score (nSPS) is 20.1. The molecule has 0 bridgehead atoms. The molecule has 1 aromatic carbocycles. The van der Waals surface area contributed by atoms with Crippen LogP contribution < -0.4 is 10.6 Å². The average Bonchev–Trinajstić information content (AvgIpc) is 3.10. The number of hydrogen-bond donors (Lipinski definition) is 1. The van der Waals surface area contributed by atoms with E-state index in [0.717, 1.165) is 70.5 Å². The second-order valence-corrected chi connectivity index (χ2v) is 7.29. The predicted molar refractivity (Wildman–Crippen MR) is 98.9 cm³/mol. The zero-order valence-corrected chi connectivity index (χ0v) is 14.8. The van der Waals surface area contributed by atoms with Crippen LogP contribution in [0.3, 0.4) is 0 Å². The molecule has 5 heteroatoms. The Hall–Kier alpha value is -1.88. The standard InChI is InChI=1S/C20H28FN3O/c21-17-5-7-18(8-6-17)24-15-13-23(14-16-24)12-4-3-11-20(19(22)25)9-1-2-10-20/h1-2,5-8H,3-4,9-16H2,(H2,22,25). The highest BCUT2D eigenvalue weighted by Crippen LogP contribution is 2.37. The highest BCUT2D eigenvalue weighted by molar-refractivity contribution is 5.81. The van der Waals surface area contributed by atoms with Gasteiger partial charge in [0.15, 0.2) is 0 Å². The Morgan fingerprint density at radius 3 is 2.28 bits per heavy atom. The molecule has 0 spiro atoms. The van der Waals surface area contributed by atoms with Gasteiger partial charge >= 0.3 is 0 Å². The number of piperazine rings is 1. The Bertz CT molecular complexity index is 598. The summed E-state index contributed by atoms with van der Waals surface area (Å²) in [6.07, 6.45) is 8.81. The van der Waals surface area contributed by atoms with E-state index >= 15 is 0 Å². The van der Waals surface area contributed by atoms with Crippen molar-refractivity contribution < 1.29 is 9.18 Å². The molecule has 0 aromatic heterocycles. The first-order valence-corrected chi connectivity index (χ1v) is 9.27. The summed E-state index contributed by atoms with van der Waals surface area (Å²) in [4.78, 5) is 16.5. The van der Waals surface area contributed by atoms with Gasteiger partial charge in [-0.2, -0.15) is 0 Å². The minimum atomic E-state index is -0.318. The molecule has 2 aliphatic rings. The van der Waals surface area contributed by atoms with Crippen LogP contribution in [0.5, 0.6) is 0 Å². The quantitative estimate of drug-likeness (QED) is 0.611. The van der Waals surface area contributed by atoms with Crippen LogP contribution in [-0.2, 0) is 4.79 Å². The number of carbonyl (C=O) groups is 1. The van der Waals surface area contributed by atoms with E-state index in [2.05, 4.69) is 22.0 Å². The lowest BCUT2D eigenvalue weighted by Crippen LogP contribution is -2.46. The second-order valence-electron chi connectivity index (χ2n) is 7.29. The predicted octanol–water partition coefficient (Wildman–Crippen LogP) is 2.94. The Morgan fingerprint density at radius 1 is 1.04 bits per heavy atom. The van der Waals surface area contributed by atoms with Crippen molar-refractivity contribution in [2.24, 2.45) is 11.1 Å². The van der Waals surface area contributed by atoms with Gasteiger partial charge in [0.1, 0.15) is 5.82 Å². The first kappa shape index (κ1) is 17.9. The van der Waals surface area contributed by atoms with Gasteiger partial charge in [0.2, 0.25) is 5.91 Å². The topological polar surface area (TPSA) is 49.6 Å². The van der Waals surface area contributed by atoms with Crippen molar-refractivity contribution in [1.29, 1.82) is 0 Å². The minimum absolute atomic E-state index is 0.148. The minimum Gasteiger partial charge on any atom is -0.369 e. The van der Waals surface area contributed by atoms with Crippen LogP contribution in [0.25, 0.3) is 0 Å². The van der Waals surface area contributed by atoms with Crippen LogP contribution in [0.15, 0.2) is 36.4 Å². The molecule has 0 radical (unpaired) electrons. The number of anilines is 1. The molecule has 0 atom stereocenters. The third-order valence-corrected chi connectivity index (χ3v) is 5.65. The van der Waals surface area contributed by atoms with Crippen LogP contribution in [0.4, 0.5) is 10.1 Å². The molecule has 3 rings (SSSR count). The second kappa shape index (κ2) is 8.00. The highest BCUT2D eigenvalue weighted by Gasteiger charge is 2.36. The largest absolute Gasteiger partial charge is 0.369 e. The fourth-order valence-corrected chi connectivity index (χ4v) is 3.91. The SMILES string of the molecule is NC(=O)C1(CCCCN2CCN(c3ccc(F)cc3)CC2)CC=CC1. The number of halogens is 1. The van der Waals surface area contributed by atoms with Gasteiger partial charge in [-0.25, -0.2) is 4.39 Å². The van der Waals surface area contributed by atoms with Crippen LogP contribution in [0.1, 0.15) is 32.1 Å². The zero-order valence-electron chi connectivity index (χ0n) is 14.8. The number of primary amides is 1. The molecule has 4 nitrogen and oxygen atoms in total. The molecule has 136 valence electrons. The zero-order chi connectivity index (χ0) is 17.7. The lowest BCUT2D eigenvalue weighted by molar-refractivity contribution is -0.127. The van der Waals surface area contributed by atoms with Gasteiger partial charge in [0.05, 0.1) is 5.41 Å². The summed E-state index contributed by atoms with van der Waals surface area (Å²) >= 11 is 0. The molecule has 1 aromatic rings. The van der Waals surface area contributed by atoms with Crippen LogP contribution in [0.2, 0.25) is 0 Å². The molecular formula is C20H28FN3O. The number of carbonyl (C=O) groups excluding carboxylic acids is 1. The lowest BCUT2D eigenvalue weighted by Gasteiger charge is -2.36. The van der Waals surface area contributed by atoms with E-state index in [4.69, 9.17) is 5.73 Å². The number of amides is 1. The van der Waals surface area contributed by atoms with Crippen molar-refractivity contribution in [3.8, 4) is 0 Å². The van der Waals surface area contributed by atoms with Gasteiger partial charge in [-0.1, -0.05) is 18.6 Å². The maximum atomic E-state index is 13.0. The third kappa shape index (κ3) is 4.40. The Balaban J connectivity index is 1.37.